The molecule has 0 aliphatic carbocycles. The van der Waals surface area contributed by atoms with Gasteiger partial charge in [0.15, 0.2) is 0 Å². The van der Waals surface area contributed by atoms with Crippen molar-refractivity contribution in [3.8, 4) is 0 Å². The van der Waals surface area contributed by atoms with E-state index in [9.17, 15) is 4.79 Å². The Hall–Kier alpha value is -1.39. The number of carbonyl (C=O) groups excluding carboxylic acids is 1. The predicted octanol–water partition coefficient (Wildman–Crippen LogP) is 0.788. The summed E-state index contributed by atoms with van der Waals surface area (Å²) in [4.78, 5) is 13.5. The second-order valence-corrected chi connectivity index (χ2v) is 4.16. The Morgan fingerprint density at radius 1 is 1.41 bits per heavy atom. The Kier molecular flexibility index (Phi) is 5.66. The van der Waals surface area contributed by atoms with Crippen molar-refractivity contribution in [2.24, 2.45) is 0 Å². The molecule has 0 heterocycles. The molecular weight excluding hydrogens is 216 g/mol. The smallest absolute Gasteiger partial charge is 0.234 e. The van der Waals surface area contributed by atoms with Gasteiger partial charge in [-0.2, -0.15) is 0 Å². The number of nitrogens with one attached hydrogen (secondary N) is 1. The van der Waals surface area contributed by atoms with E-state index in [1.165, 1.54) is 0 Å². The molecule has 0 aliphatic rings. The van der Waals surface area contributed by atoms with Crippen LogP contribution >= 0.6 is 0 Å². The molecule has 4 nitrogen and oxygen atoms in total. The Morgan fingerprint density at radius 2 is 2.06 bits per heavy atom. The van der Waals surface area contributed by atoms with E-state index in [0.717, 1.165) is 5.56 Å². The summed E-state index contributed by atoms with van der Waals surface area (Å²) in [5.41, 5.74) is 1.09. The SMILES string of the molecule is CC(NC(=O)CN(C)CCO)c1ccccc1. The lowest BCUT2D eigenvalue weighted by atomic mass is 10.1. The van der Waals surface area contributed by atoms with Crippen LogP contribution in [0.4, 0.5) is 0 Å². The lowest BCUT2D eigenvalue weighted by molar-refractivity contribution is -0.122. The molecule has 4 heteroatoms. The monoisotopic (exact) mass is 236 g/mol. The molecule has 0 aromatic heterocycles. The van der Waals surface area contributed by atoms with Crippen molar-refractivity contribution in [2.45, 2.75) is 13.0 Å². The molecule has 1 rings (SSSR count). The number of amides is 1. The molecule has 0 radical (unpaired) electrons. The third kappa shape index (κ3) is 4.97. The molecule has 0 spiro atoms. The fourth-order valence-corrected chi connectivity index (χ4v) is 1.61. The van der Waals surface area contributed by atoms with Crippen molar-refractivity contribution in [2.75, 3.05) is 26.7 Å². The first-order valence-corrected chi connectivity index (χ1v) is 5.77. The maximum absolute atomic E-state index is 11.7. The fraction of sp³-hybridized carbons (Fsp3) is 0.462. The number of hydrogen-bond donors (Lipinski definition) is 2. The van der Waals surface area contributed by atoms with Gasteiger partial charge in [0.25, 0.3) is 0 Å². The molecule has 1 atom stereocenters. The first-order valence-electron chi connectivity index (χ1n) is 5.77. The predicted molar refractivity (Wildman–Crippen MR) is 67.6 cm³/mol. The minimum absolute atomic E-state index is 0.00577. The number of carbonyl (C=O) groups is 1. The highest BCUT2D eigenvalue weighted by Gasteiger charge is 2.10. The minimum atomic E-state index is -0.0303. The quantitative estimate of drug-likeness (QED) is 0.767. The number of aliphatic hydroxyl groups is 1. The molecule has 0 saturated carbocycles. The van der Waals surface area contributed by atoms with E-state index in [4.69, 9.17) is 5.11 Å². The summed E-state index contributed by atoms with van der Waals surface area (Å²) in [7, 11) is 1.81. The summed E-state index contributed by atoms with van der Waals surface area (Å²) in [6, 6.07) is 9.84. The van der Waals surface area contributed by atoms with Crippen molar-refractivity contribution in [3.05, 3.63) is 35.9 Å². The van der Waals surface area contributed by atoms with Crippen molar-refractivity contribution in [1.29, 1.82) is 0 Å². The number of aliphatic hydroxyl groups excluding tert-OH is 1. The number of likely N-dealkylation sites (N-methyl/N-ethyl adjacent to an activating group) is 1. The third-order valence-electron chi connectivity index (χ3n) is 2.57. The first kappa shape index (κ1) is 13.7. The molecule has 0 saturated heterocycles. The normalized spacial score (nSPS) is 12.5. The van der Waals surface area contributed by atoms with Gasteiger partial charge in [-0.1, -0.05) is 30.3 Å². The molecular formula is C13H20N2O2. The second kappa shape index (κ2) is 7.04. The Bertz CT molecular complexity index is 341. The lowest BCUT2D eigenvalue weighted by Gasteiger charge is -2.18. The Labute approximate surface area is 102 Å². The van der Waals surface area contributed by atoms with Crippen LogP contribution in [0.15, 0.2) is 30.3 Å². The number of benzene rings is 1. The van der Waals surface area contributed by atoms with Crippen LogP contribution in [0.5, 0.6) is 0 Å². The van der Waals surface area contributed by atoms with Crippen LogP contribution < -0.4 is 5.32 Å². The van der Waals surface area contributed by atoms with Gasteiger partial charge in [0.2, 0.25) is 5.91 Å². The van der Waals surface area contributed by atoms with E-state index in [1.807, 2.05) is 44.3 Å². The number of hydrogen-bond acceptors (Lipinski definition) is 3. The Balaban J connectivity index is 2.41. The average molecular weight is 236 g/mol. The molecule has 1 unspecified atom stereocenters. The largest absolute Gasteiger partial charge is 0.395 e. The Morgan fingerprint density at radius 3 is 2.65 bits per heavy atom. The van der Waals surface area contributed by atoms with Gasteiger partial charge in [-0.3, -0.25) is 9.69 Å². The summed E-state index contributed by atoms with van der Waals surface area (Å²) in [6.07, 6.45) is 0. The summed E-state index contributed by atoms with van der Waals surface area (Å²) in [6.45, 7) is 2.84. The summed E-state index contributed by atoms with van der Waals surface area (Å²) in [5.74, 6) is -0.0303. The van der Waals surface area contributed by atoms with Crippen LogP contribution in [-0.4, -0.2) is 42.7 Å². The molecule has 0 bridgehead atoms. The van der Waals surface area contributed by atoms with E-state index >= 15 is 0 Å². The highest BCUT2D eigenvalue weighted by molar-refractivity contribution is 5.78. The maximum Gasteiger partial charge on any atom is 0.234 e. The third-order valence-corrected chi connectivity index (χ3v) is 2.57. The van der Waals surface area contributed by atoms with Crippen molar-refractivity contribution in [3.63, 3.8) is 0 Å². The number of rotatable bonds is 6. The van der Waals surface area contributed by atoms with E-state index < -0.39 is 0 Å². The molecule has 94 valence electrons. The van der Waals surface area contributed by atoms with E-state index in [0.29, 0.717) is 13.1 Å². The van der Waals surface area contributed by atoms with Gasteiger partial charge in [-0.15, -0.1) is 0 Å². The molecule has 0 fully saturated rings. The highest BCUT2D eigenvalue weighted by atomic mass is 16.3. The van der Waals surface area contributed by atoms with Crippen molar-refractivity contribution < 1.29 is 9.90 Å². The zero-order valence-electron chi connectivity index (χ0n) is 10.4. The second-order valence-electron chi connectivity index (χ2n) is 4.16. The summed E-state index contributed by atoms with van der Waals surface area (Å²) >= 11 is 0. The van der Waals surface area contributed by atoms with Crippen LogP contribution in [0.1, 0.15) is 18.5 Å². The van der Waals surface area contributed by atoms with Crippen LogP contribution in [0.2, 0.25) is 0 Å². The van der Waals surface area contributed by atoms with Crippen LogP contribution in [-0.2, 0) is 4.79 Å². The van der Waals surface area contributed by atoms with Gasteiger partial charge in [0, 0.05) is 6.54 Å². The fourth-order valence-electron chi connectivity index (χ4n) is 1.61. The molecule has 1 aromatic rings. The standard InChI is InChI=1S/C13H20N2O2/c1-11(12-6-4-3-5-7-12)14-13(17)10-15(2)8-9-16/h3-7,11,16H,8-10H2,1-2H3,(H,14,17). The maximum atomic E-state index is 11.7. The van der Waals surface area contributed by atoms with Crippen molar-refractivity contribution >= 4 is 5.91 Å². The zero-order valence-corrected chi connectivity index (χ0v) is 10.4. The topological polar surface area (TPSA) is 52.6 Å². The van der Waals surface area contributed by atoms with Gasteiger partial charge in [-0.05, 0) is 19.5 Å². The van der Waals surface area contributed by atoms with Crippen molar-refractivity contribution in [1.82, 2.24) is 10.2 Å². The minimum Gasteiger partial charge on any atom is -0.395 e. The summed E-state index contributed by atoms with van der Waals surface area (Å²) in [5, 5.41) is 11.7. The van der Waals surface area contributed by atoms with Gasteiger partial charge in [-0.25, -0.2) is 0 Å². The molecule has 1 amide bonds. The van der Waals surface area contributed by atoms with Crippen LogP contribution in [0, 0.1) is 0 Å². The summed E-state index contributed by atoms with van der Waals surface area (Å²) < 4.78 is 0. The van der Waals surface area contributed by atoms with E-state index in [2.05, 4.69) is 5.32 Å². The lowest BCUT2D eigenvalue weighted by Crippen LogP contribution is -2.37. The molecule has 2 N–H and O–H groups in total. The number of nitrogens with zero attached hydrogens (tertiary/aromatic N) is 1. The van der Waals surface area contributed by atoms with Crippen LogP contribution in [0.25, 0.3) is 0 Å². The molecule has 17 heavy (non-hydrogen) atoms. The zero-order chi connectivity index (χ0) is 12.7. The van der Waals surface area contributed by atoms with E-state index in [-0.39, 0.29) is 18.6 Å². The van der Waals surface area contributed by atoms with E-state index in [1.54, 1.807) is 4.90 Å². The van der Waals surface area contributed by atoms with Gasteiger partial charge < -0.3 is 10.4 Å². The first-order chi connectivity index (χ1) is 8.13. The highest BCUT2D eigenvalue weighted by Crippen LogP contribution is 2.10. The van der Waals surface area contributed by atoms with Crippen LogP contribution in [0.3, 0.4) is 0 Å². The van der Waals surface area contributed by atoms with Gasteiger partial charge in [0.05, 0.1) is 19.2 Å². The average Bonchev–Trinajstić information content (AvgIpc) is 2.30. The molecule has 0 aliphatic heterocycles. The van der Waals surface area contributed by atoms with Gasteiger partial charge >= 0.3 is 0 Å². The van der Waals surface area contributed by atoms with Gasteiger partial charge in [0.1, 0.15) is 0 Å². The molecule has 1 aromatic carbocycles.